The minimum absolute atomic E-state index is 0.169. The number of carbonyl (C=O) groups excluding carboxylic acids is 2. The van der Waals surface area contributed by atoms with E-state index in [0.717, 1.165) is 17.7 Å². The lowest BCUT2D eigenvalue weighted by Gasteiger charge is -2.10. The number of amides is 1. The van der Waals surface area contributed by atoms with Gasteiger partial charge in [0.1, 0.15) is 5.76 Å². The summed E-state index contributed by atoms with van der Waals surface area (Å²) in [6.07, 6.45) is -2.77. The molecule has 0 spiro atoms. The van der Waals surface area contributed by atoms with Gasteiger partial charge in [-0.2, -0.15) is 13.2 Å². The van der Waals surface area contributed by atoms with Gasteiger partial charge in [-0.15, -0.1) is 0 Å². The molecule has 0 radical (unpaired) electrons. The lowest BCUT2D eigenvalue weighted by Crippen LogP contribution is -2.15. The van der Waals surface area contributed by atoms with E-state index in [1.54, 1.807) is 24.3 Å². The van der Waals surface area contributed by atoms with Crippen LogP contribution in [0.15, 0.2) is 72.5 Å². The number of carbonyl (C=O) groups is 2. The maximum Gasteiger partial charge on any atom is 0.416 e. The molecule has 1 aliphatic rings. The molecule has 2 aromatic carbocycles. The number of cyclic esters (lactones) is 1. The van der Waals surface area contributed by atoms with E-state index in [4.69, 9.17) is 4.74 Å². The molecule has 0 aromatic heterocycles. The fourth-order valence-electron chi connectivity index (χ4n) is 2.76. The maximum atomic E-state index is 12.7. The highest BCUT2D eigenvalue weighted by Gasteiger charge is 2.30. The van der Waals surface area contributed by atoms with Crippen molar-refractivity contribution in [1.82, 2.24) is 0 Å². The van der Waals surface area contributed by atoms with Crippen LogP contribution in [0.3, 0.4) is 0 Å². The van der Waals surface area contributed by atoms with Gasteiger partial charge in [0, 0.05) is 23.8 Å². The summed E-state index contributed by atoms with van der Waals surface area (Å²) in [5.41, 5.74) is 1.59. The molecular weight excluding hydrogens is 371 g/mol. The number of nitrogens with one attached hydrogen (secondary N) is 1. The Morgan fingerprint density at radius 3 is 2.39 bits per heavy atom. The molecule has 0 saturated heterocycles. The van der Waals surface area contributed by atoms with Crippen molar-refractivity contribution in [2.75, 3.05) is 5.32 Å². The quantitative estimate of drug-likeness (QED) is 0.773. The van der Waals surface area contributed by atoms with Gasteiger partial charge in [0.2, 0.25) is 5.91 Å². The van der Waals surface area contributed by atoms with Crippen molar-refractivity contribution < 1.29 is 27.5 Å². The van der Waals surface area contributed by atoms with E-state index in [9.17, 15) is 22.8 Å². The van der Waals surface area contributed by atoms with Crippen LogP contribution < -0.4 is 5.32 Å². The van der Waals surface area contributed by atoms with Crippen molar-refractivity contribution in [2.24, 2.45) is 0 Å². The summed E-state index contributed by atoms with van der Waals surface area (Å²) in [5.74, 6) is -0.542. The van der Waals surface area contributed by atoms with Crippen LogP contribution in [0.25, 0.3) is 0 Å². The summed E-state index contributed by atoms with van der Waals surface area (Å²) in [7, 11) is 0. The number of hydrogen-bond donors (Lipinski definition) is 1. The van der Waals surface area contributed by atoms with E-state index < -0.39 is 23.6 Å². The lowest BCUT2D eigenvalue weighted by molar-refractivity contribution is -0.137. The molecule has 0 fully saturated rings. The van der Waals surface area contributed by atoms with Crippen LogP contribution in [0.1, 0.15) is 16.7 Å². The molecule has 0 saturated carbocycles. The second-order valence-corrected chi connectivity index (χ2v) is 6.31. The van der Waals surface area contributed by atoms with Crippen molar-refractivity contribution in [3.05, 3.63) is 89.2 Å². The monoisotopic (exact) mass is 387 g/mol. The van der Waals surface area contributed by atoms with E-state index in [-0.39, 0.29) is 12.0 Å². The predicted octanol–water partition coefficient (Wildman–Crippen LogP) is 4.43. The van der Waals surface area contributed by atoms with Gasteiger partial charge in [-0.05, 0) is 29.3 Å². The number of esters is 1. The Bertz CT molecular complexity index is 960. The van der Waals surface area contributed by atoms with Crippen molar-refractivity contribution in [1.29, 1.82) is 0 Å². The smallest absolute Gasteiger partial charge is 0.416 e. The first-order valence-electron chi connectivity index (χ1n) is 8.37. The van der Waals surface area contributed by atoms with E-state index in [1.807, 2.05) is 0 Å². The highest BCUT2D eigenvalue weighted by atomic mass is 19.4. The van der Waals surface area contributed by atoms with Crippen LogP contribution in [0.4, 0.5) is 18.9 Å². The molecular formula is C21H16F3NO3. The molecule has 4 nitrogen and oxygen atoms in total. The summed E-state index contributed by atoms with van der Waals surface area (Å²) in [4.78, 5) is 23.3. The van der Waals surface area contributed by atoms with Gasteiger partial charge in [0.25, 0.3) is 0 Å². The highest BCUT2D eigenvalue weighted by Crippen LogP contribution is 2.29. The van der Waals surface area contributed by atoms with Crippen LogP contribution in [-0.2, 0) is 33.3 Å². The molecule has 0 bridgehead atoms. The summed E-state index contributed by atoms with van der Waals surface area (Å²) in [6.45, 7) is 3.66. The van der Waals surface area contributed by atoms with Gasteiger partial charge in [-0.25, -0.2) is 4.79 Å². The van der Waals surface area contributed by atoms with Crippen molar-refractivity contribution in [3.8, 4) is 0 Å². The Balaban J connectivity index is 1.60. The number of alkyl halides is 3. The third-order valence-electron chi connectivity index (χ3n) is 4.13. The molecule has 1 amide bonds. The Morgan fingerprint density at radius 1 is 1.07 bits per heavy atom. The SMILES string of the molecule is C=C1OC(=O)C=C1Cc1ccc(NC(=O)Cc2cccc(C(F)(F)F)c2)cc1. The van der Waals surface area contributed by atoms with Gasteiger partial charge in [-0.3, -0.25) is 4.79 Å². The maximum absolute atomic E-state index is 12.7. The molecule has 1 heterocycles. The first kappa shape index (κ1) is 19.4. The largest absolute Gasteiger partial charge is 0.424 e. The lowest BCUT2D eigenvalue weighted by atomic mass is 10.0. The molecule has 1 aliphatic heterocycles. The molecule has 0 aliphatic carbocycles. The van der Waals surface area contributed by atoms with Crippen molar-refractivity contribution >= 4 is 17.6 Å². The molecule has 3 rings (SSSR count). The van der Waals surface area contributed by atoms with Crippen LogP contribution in [-0.4, -0.2) is 11.9 Å². The zero-order valence-corrected chi connectivity index (χ0v) is 14.7. The Hall–Kier alpha value is -3.35. The van der Waals surface area contributed by atoms with E-state index in [2.05, 4.69) is 11.9 Å². The third kappa shape index (κ3) is 4.88. The van der Waals surface area contributed by atoms with Gasteiger partial charge >= 0.3 is 12.1 Å². The van der Waals surface area contributed by atoms with Gasteiger partial charge < -0.3 is 10.1 Å². The third-order valence-corrected chi connectivity index (χ3v) is 4.13. The number of ether oxygens (including phenoxy) is 1. The minimum atomic E-state index is -4.45. The van der Waals surface area contributed by atoms with Crippen LogP contribution in [0.2, 0.25) is 0 Å². The van der Waals surface area contributed by atoms with E-state index >= 15 is 0 Å². The zero-order chi connectivity index (χ0) is 20.3. The number of benzene rings is 2. The van der Waals surface area contributed by atoms with Crippen molar-refractivity contribution in [2.45, 2.75) is 19.0 Å². The first-order chi connectivity index (χ1) is 13.2. The fourth-order valence-corrected chi connectivity index (χ4v) is 2.76. The average molecular weight is 387 g/mol. The first-order valence-corrected chi connectivity index (χ1v) is 8.37. The summed E-state index contributed by atoms with van der Waals surface area (Å²) in [6, 6.07) is 11.6. The Labute approximate surface area is 159 Å². The normalized spacial score (nSPS) is 13.9. The molecule has 7 heteroatoms. The summed E-state index contributed by atoms with van der Waals surface area (Å²) in [5, 5.41) is 2.65. The molecule has 2 aromatic rings. The molecule has 0 atom stereocenters. The Morgan fingerprint density at radius 2 is 1.79 bits per heavy atom. The van der Waals surface area contributed by atoms with Crippen molar-refractivity contribution in [3.63, 3.8) is 0 Å². The van der Waals surface area contributed by atoms with E-state index in [0.29, 0.717) is 23.4 Å². The average Bonchev–Trinajstić information content (AvgIpc) is 2.93. The second-order valence-electron chi connectivity index (χ2n) is 6.31. The van der Waals surface area contributed by atoms with Crippen LogP contribution in [0.5, 0.6) is 0 Å². The number of halogens is 3. The van der Waals surface area contributed by atoms with Gasteiger partial charge in [0.05, 0.1) is 12.0 Å². The van der Waals surface area contributed by atoms with Crippen LogP contribution in [0, 0.1) is 0 Å². The number of anilines is 1. The van der Waals surface area contributed by atoms with E-state index in [1.165, 1.54) is 18.2 Å². The summed E-state index contributed by atoms with van der Waals surface area (Å²) >= 11 is 0. The molecule has 28 heavy (non-hydrogen) atoms. The second kappa shape index (κ2) is 7.72. The predicted molar refractivity (Wildman–Crippen MR) is 97.2 cm³/mol. The van der Waals surface area contributed by atoms with Gasteiger partial charge in [0.15, 0.2) is 0 Å². The summed E-state index contributed by atoms with van der Waals surface area (Å²) < 4.78 is 43.1. The van der Waals surface area contributed by atoms with Gasteiger partial charge in [-0.1, -0.05) is 36.9 Å². The molecule has 144 valence electrons. The molecule has 0 unspecified atom stereocenters. The number of allylic oxidation sites excluding steroid dienone is 1. The molecule has 1 N–H and O–H groups in total. The Kier molecular flexibility index (Phi) is 5.35. The fraction of sp³-hybridized carbons (Fsp3) is 0.143. The zero-order valence-electron chi connectivity index (χ0n) is 14.7. The highest BCUT2D eigenvalue weighted by molar-refractivity contribution is 5.92. The topological polar surface area (TPSA) is 55.4 Å². The van der Waals surface area contributed by atoms with Crippen LogP contribution >= 0.6 is 0 Å². The minimum Gasteiger partial charge on any atom is -0.424 e. The standard InChI is InChI=1S/C21H16F3NO3/c1-13-16(12-20(27)28-13)9-14-5-7-18(8-6-14)25-19(26)11-15-3-2-4-17(10-15)21(22,23)24/h2-8,10,12H,1,9,11H2,(H,25,26). The number of rotatable bonds is 5. The number of hydrogen-bond acceptors (Lipinski definition) is 3.